The second-order valence-corrected chi connectivity index (χ2v) is 7.61. The van der Waals surface area contributed by atoms with Gasteiger partial charge in [0.15, 0.2) is 0 Å². The fourth-order valence-corrected chi connectivity index (χ4v) is 5.57. The molecule has 0 aromatic rings. The molecule has 0 aromatic carbocycles. The van der Waals surface area contributed by atoms with Gasteiger partial charge in [0.05, 0.1) is 0 Å². The van der Waals surface area contributed by atoms with E-state index >= 15 is 0 Å². The van der Waals surface area contributed by atoms with Crippen molar-refractivity contribution in [2.24, 2.45) is 0 Å². The minimum atomic E-state index is -0.154. The Morgan fingerprint density at radius 1 is 0.615 bits per heavy atom. The van der Waals surface area contributed by atoms with Crippen molar-refractivity contribution in [3.8, 4) is 0 Å². The molecule has 0 aromatic heterocycles. The molecular formula is C12H27Cr. The summed E-state index contributed by atoms with van der Waals surface area (Å²) in [4.78, 5) is 0. The molecule has 81 valence electrons. The van der Waals surface area contributed by atoms with Crippen molar-refractivity contribution in [1.29, 1.82) is 0 Å². The Hall–Kier alpha value is 0.532. The molecule has 0 atom stereocenters. The summed E-state index contributed by atoms with van der Waals surface area (Å²) < 4.78 is 0. The van der Waals surface area contributed by atoms with Crippen molar-refractivity contribution in [1.82, 2.24) is 0 Å². The van der Waals surface area contributed by atoms with E-state index in [1.165, 1.54) is 38.5 Å². The van der Waals surface area contributed by atoms with Crippen LogP contribution in [0.1, 0.15) is 59.3 Å². The molecule has 13 heavy (non-hydrogen) atoms. The van der Waals surface area contributed by atoms with Crippen LogP contribution in [0, 0.1) is 0 Å². The van der Waals surface area contributed by atoms with E-state index in [2.05, 4.69) is 20.8 Å². The van der Waals surface area contributed by atoms with Gasteiger partial charge in [0, 0.05) is 0 Å². The summed E-state index contributed by atoms with van der Waals surface area (Å²) in [7, 11) is 0. The third kappa shape index (κ3) is 8.85. The van der Waals surface area contributed by atoms with Gasteiger partial charge in [-0.25, -0.2) is 0 Å². The number of hydrogen-bond acceptors (Lipinski definition) is 0. The molecule has 0 bridgehead atoms. The molecule has 0 amide bonds. The van der Waals surface area contributed by atoms with Crippen LogP contribution in [0.2, 0.25) is 15.8 Å². The van der Waals surface area contributed by atoms with Crippen LogP contribution in [0.4, 0.5) is 0 Å². The fraction of sp³-hybridized carbons (Fsp3) is 1.00. The zero-order valence-electron chi connectivity index (χ0n) is 9.77. The van der Waals surface area contributed by atoms with E-state index in [1.807, 2.05) is 0 Å². The Morgan fingerprint density at radius 3 is 1.15 bits per heavy atom. The van der Waals surface area contributed by atoms with E-state index < -0.39 is 0 Å². The van der Waals surface area contributed by atoms with Gasteiger partial charge in [-0.1, -0.05) is 0 Å². The van der Waals surface area contributed by atoms with Crippen molar-refractivity contribution in [2.75, 3.05) is 0 Å². The number of rotatable bonds is 9. The van der Waals surface area contributed by atoms with Crippen molar-refractivity contribution < 1.29 is 14.1 Å². The summed E-state index contributed by atoms with van der Waals surface area (Å²) in [5.41, 5.74) is 0. The zero-order chi connectivity index (χ0) is 9.94. The molecule has 0 aliphatic rings. The molecule has 1 heteroatoms. The normalized spacial score (nSPS) is 11.1. The number of unbranched alkanes of at least 4 members (excludes halogenated alkanes) is 3. The van der Waals surface area contributed by atoms with Gasteiger partial charge >= 0.3 is 89.3 Å². The fourth-order valence-electron chi connectivity index (χ4n) is 1.35. The molecule has 0 radical (unpaired) electrons. The first kappa shape index (κ1) is 13.5. The van der Waals surface area contributed by atoms with E-state index in [0.717, 1.165) is 0 Å². The Balaban J connectivity index is 3.47. The van der Waals surface area contributed by atoms with Gasteiger partial charge in [-0.3, -0.25) is 0 Å². The zero-order valence-corrected chi connectivity index (χ0v) is 11.0. The van der Waals surface area contributed by atoms with Gasteiger partial charge in [-0.05, 0) is 0 Å². The third-order valence-corrected chi connectivity index (χ3v) is 6.42. The maximum atomic E-state index is 2.32. The molecule has 0 heterocycles. The van der Waals surface area contributed by atoms with Gasteiger partial charge in [0.1, 0.15) is 0 Å². The van der Waals surface area contributed by atoms with Crippen LogP contribution in [0.15, 0.2) is 0 Å². The monoisotopic (exact) mass is 223 g/mol. The molecule has 0 saturated carbocycles. The van der Waals surface area contributed by atoms with Crippen molar-refractivity contribution in [3.63, 3.8) is 0 Å². The molecule has 0 aliphatic heterocycles. The predicted molar refractivity (Wildman–Crippen MR) is 59.1 cm³/mol. The Morgan fingerprint density at radius 2 is 0.923 bits per heavy atom. The summed E-state index contributed by atoms with van der Waals surface area (Å²) in [6.45, 7) is 6.97. The van der Waals surface area contributed by atoms with E-state index in [9.17, 15) is 0 Å². The standard InChI is InChI=1S/3C4H9.Cr/c3*1-3-4-2;/h3*1,3-4H2,2H3;. The topological polar surface area (TPSA) is 0 Å². The van der Waals surface area contributed by atoms with Gasteiger partial charge in [-0.2, -0.15) is 0 Å². The first-order valence-electron chi connectivity index (χ1n) is 5.99. The molecule has 0 saturated heterocycles. The van der Waals surface area contributed by atoms with Crippen molar-refractivity contribution in [2.45, 2.75) is 75.1 Å². The molecule has 0 spiro atoms. The average molecular weight is 223 g/mol. The van der Waals surface area contributed by atoms with Gasteiger partial charge < -0.3 is 0 Å². The van der Waals surface area contributed by atoms with Crippen molar-refractivity contribution >= 4 is 0 Å². The number of hydrogen-bond donors (Lipinski definition) is 0. The maximum absolute atomic E-state index is 2.32. The van der Waals surface area contributed by atoms with E-state index in [1.54, 1.807) is 15.8 Å². The average Bonchev–Trinajstić information content (AvgIpc) is 2.17. The summed E-state index contributed by atoms with van der Waals surface area (Å²) in [6.07, 6.45) is 8.70. The van der Waals surface area contributed by atoms with E-state index in [4.69, 9.17) is 0 Å². The van der Waals surface area contributed by atoms with E-state index in [-0.39, 0.29) is 14.1 Å². The van der Waals surface area contributed by atoms with Crippen LogP contribution in [0.5, 0.6) is 0 Å². The predicted octanol–water partition coefficient (Wildman–Crippen LogP) is 5.26. The molecule has 0 N–H and O–H groups in total. The molecule has 0 fully saturated rings. The van der Waals surface area contributed by atoms with Crippen LogP contribution in [-0.2, 0) is 14.1 Å². The second-order valence-electron chi connectivity index (χ2n) is 3.79. The van der Waals surface area contributed by atoms with Crippen LogP contribution in [0.3, 0.4) is 0 Å². The van der Waals surface area contributed by atoms with Gasteiger partial charge in [0.25, 0.3) is 0 Å². The second kappa shape index (κ2) is 10.6. The first-order chi connectivity index (χ1) is 6.35. The summed E-state index contributed by atoms with van der Waals surface area (Å²) in [5.74, 6) is 0. The Labute approximate surface area is 89.5 Å². The summed E-state index contributed by atoms with van der Waals surface area (Å²) in [6, 6.07) is 0. The molecule has 0 rings (SSSR count). The third-order valence-electron chi connectivity index (χ3n) is 2.36. The Kier molecular flexibility index (Phi) is 11.0. The van der Waals surface area contributed by atoms with Gasteiger partial charge in [-0.15, -0.1) is 0 Å². The summed E-state index contributed by atoms with van der Waals surface area (Å²) in [5, 5.41) is 4.82. The quantitative estimate of drug-likeness (QED) is 0.500. The van der Waals surface area contributed by atoms with Crippen LogP contribution in [0.25, 0.3) is 0 Å². The van der Waals surface area contributed by atoms with Crippen LogP contribution < -0.4 is 0 Å². The molecular weight excluding hydrogens is 196 g/mol. The van der Waals surface area contributed by atoms with E-state index in [0.29, 0.717) is 0 Å². The van der Waals surface area contributed by atoms with Gasteiger partial charge in [0.2, 0.25) is 0 Å². The Bertz CT molecular complexity index is 72.1. The van der Waals surface area contributed by atoms with Crippen molar-refractivity contribution in [3.05, 3.63) is 0 Å². The van der Waals surface area contributed by atoms with Crippen LogP contribution >= 0.6 is 0 Å². The van der Waals surface area contributed by atoms with Crippen LogP contribution in [-0.4, -0.2) is 0 Å². The SMILES string of the molecule is CCC[CH2][Cr]([CH2]CCC)[CH2]CCC. The minimum absolute atomic E-state index is 0.154. The summed E-state index contributed by atoms with van der Waals surface area (Å²) >= 11 is -0.154. The molecule has 0 aliphatic carbocycles. The first-order valence-corrected chi connectivity index (χ1v) is 8.69. The molecule has 0 unspecified atom stereocenters. The molecule has 0 nitrogen and oxygen atoms in total.